The molecule has 2 heterocycles. The van der Waals surface area contributed by atoms with E-state index in [1.54, 1.807) is 0 Å². The van der Waals surface area contributed by atoms with Crippen LogP contribution in [-0.4, -0.2) is 9.55 Å². The number of para-hydroxylation sites is 1. The average Bonchev–Trinajstić information content (AvgIpc) is 3.49. The Balaban J connectivity index is 1.33. The monoisotopic (exact) mass is 590 g/mol. The van der Waals surface area contributed by atoms with Crippen molar-refractivity contribution in [3.63, 3.8) is 0 Å². The Morgan fingerprint density at radius 2 is 1.11 bits per heavy atom. The van der Waals surface area contributed by atoms with Crippen LogP contribution < -0.4 is 0 Å². The van der Waals surface area contributed by atoms with Crippen LogP contribution >= 0.6 is 0 Å². The molecule has 46 heavy (non-hydrogen) atoms. The minimum absolute atomic E-state index is 0.158. The zero-order chi connectivity index (χ0) is 31.0. The highest BCUT2D eigenvalue weighted by atomic mass is 15.1. The second-order valence-corrected chi connectivity index (χ2v) is 13.0. The number of aryl methyl sites for hydroxylation is 1. The Bertz CT molecular complexity index is 2470. The number of fused-ring (bicyclic) bond motifs is 4. The Hall–Kier alpha value is -5.47. The van der Waals surface area contributed by atoms with Crippen molar-refractivity contribution >= 4 is 32.6 Å². The van der Waals surface area contributed by atoms with Crippen LogP contribution in [0.4, 0.5) is 0 Å². The Morgan fingerprint density at radius 1 is 0.522 bits per heavy atom. The Kier molecular flexibility index (Phi) is 5.86. The van der Waals surface area contributed by atoms with Crippen molar-refractivity contribution in [2.75, 3.05) is 0 Å². The fraction of sp³-hybridized carbons (Fsp3) is 0.114. The molecule has 0 atom stereocenters. The highest BCUT2D eigenvalue weighted by Crippen LogP contribution is 2.48. The molecule has 0 saturated carbocycles. The first kappa shape index (κ1) is 26.9. The van der Waals surface area contributed by atoms with Gasteiger partial charge in [-0.15, -0.1) is 0 Å². The fourth-order valence-electron chi connectivity index (χ4n) is 7.92. The molecule has 0 radical (unpaired) electrons. The van der Waals surface area contributed by atoms with Gasteiger partial charge in [0.25, 0.3) is 0 Å². The number of hydrogen-bond donors (Lipinski definition) is 0. The summed E-state index contributed by atoms with van der Waals surface area (Å²) in [5, 5.41) is 5.10. The molecule has 0 bridgehead atoms. The van der Waals surface area contributed by atoms with E-state index in [1.807, 2.05) is 0 Å². The lowest BCUT2D eigenvalue weighted by Crippen LogP contribution is -2.26. The lowest BCUT2D eigenvalue weighted by Gasteiger charge is -2.35. The topological polar surface area (TPSA) is 17.8 Å². The molecule has 0 spiro atoms. The molecule has 1 aliphatic heterocycles. The second-order valence-electron chi connectivity index (χ2n) is 13.0. The molecule has 9 rings (SSSR count). The third-order valence-corrected chi connectivity index (χ3v) is 10.1. The Labute approximate surface area is 269 Å². The van der Waals surface area contributed by atoms with Gasteiger partial charge >= 0.3 is 0 Å². The number of nitrogens with zero attached hydrogens (tertiary/aromatic N) is 2. The van der Waals surface area contributed by atoms with E-state index in [0.29, 0.717) is 0 Å². The highest BCUT2D eigenvalue weighted by molar-refractivity contribution is 6.22. The van der Waals surface area contributed by atoms with Gasteiger partial charge in [0.15, 0.2) is 0 Å². The molecule has 2 heteroatoms. The normalized spacial score (nSPS) is 13.4. The lowest BCUT2D eigenvalue weighted by molar-refractivity contribution is 0.625. The molecule has 0 aliphatic carbocycles. The van der Waals surface area contributed by atoms with Gasteiger partial charge in [0.2, 0.25) is 0 Å². The summed E-state index contributed by atoms with van der Waals surface area (Å²) < 4.78 is 2.40. The van der Waals surface area contributed by atoms with Crippen molar-refractivity contribution in [2.45, 2.75) is 32.6 Å². The smallest absolute Gasteiger partial charge is 0.114 e. The van der Waals surface area contributed by atoms with E-state index in [-0.39, 0.29) is 5.41 Å². The van der Waals surface area contributed by atoms with E-state index >= 15 is 0 Å². The molecule has 8 aromatic rings. The summed E-state index contributed by atoms with van der Waals surface area (Å²) >= 11 is 0. The summed E-state index contributed by atoms with van der Waals surface area (Å²) in [6.45, 7) is 6.92. The first-order valence-corrected chi connectivity index (χ1v) is 16.3. The first-order valence-electron chi connectivity index (χ1n) is 16.3. The number of imidazole rings is 1. The fourth-order valence-corrected chi connectivity index (χ4v) is 7.92. The van der Waals surface area contributed by atoms with Gasteiger partial charge in [-0.3, -0.25) is 4.57 Å². The Morgan fingerprint density at radius 3 is 1.78 bits per heavy atom. The summed E-state index contributed by atoms with van der Waals surface area (Å²) in [5.41, 5.74) is 13.6. The maximum absolute atomic E-state index is 5.04. The maximum atomic E-state index is 5.04. The van der Waals surface area contributed by atoms with Gasteiger partial charge < -0.3 is 0 Å². The highest BCUT2D eigenvalue weighted by Gasteiger charge is 2.35. The van der Waals surface area contributed by atoms with Crippen LogP contribution in [0, 0.1) is 0 Å². The number of rotatable bonds is 4. The SMILES string of the molecule is CCc1nc2cccc3c2n1-c1ccc(-c2ccc4c(-c5ccccc5)c5ccccc5c(-c5ccccc5)c4c2)cc1C3(C)C. The van der Waals surface area contributed by atoms with Gasteiger partial charge in [0.05, 0.1) is 16.7 Å². The minimum atomic E-state index is -0.158. The van der Waals surface area contributed by atoms with E-state index in [4.69, 9.17) is 4.98 Å². The van der Waals surface area contributed by atoms with Gasteiger partial charge in [-0.25, -0.2) is 4.98 Å². The van der Waals surface area contributed by atoms with Crippen LogP contribution in [0.3, 0.4) is 0 Å². The van der Waals surface area contributed by atoms with Crippen molar-refractivity contribution in [1.82, 2.24) is 9.55 Å². The molecular weight excluding hydrogens is 556 g/mol. The first-order chi connectivity index (χ1) is 22.5. The van der Waals surface area contributed by atoms with Gasteiger partial charge in [0, 0.05) is 11.8 Å². The van der Waals surface area contributed by atoms with Gasteiger partial charge in [-0.2, -0.15) is 0 Å². The molecule has 7 aromatic carbocycles. The van der Waals surface area contributed by atoms with Gasteiger partial charge in [-0.05, 0) is 90.3 Å². The summed E-state index contributed by atoms with van der Waals surface area (Å²) in [4.78, 5) is 5.04. The van der Waals surface area contributed by atoms with E-state index in [2.05, 4.69) is 165 Å². The predicted octanol–water partition coefficient (Wildman–Crippen LogP) is 11.5. The average molecular weight is 591 g/mol. The van der Waals surface area contributed by atoms with E-state index < -0.39 is 0 Å². The molecule has 0 fully saturated rings. The van der Waals surface area contributed by atoms with Crippen LogP contribution in [0.15, 0.2) is 140 Å². The van der Waals surface area contributed by atoms with E-state index in [9.17, 15) is 0 Å². The third-order valence-electron chi connectivity index (χ3n) is 10.1. The van der Waals surface area contributed by atoms with Crippen LogP contribution in [0.25, 0.3) is 71.6 Å². The quantitative estimate of drug-likeness (QED) is 0.186. The molecule has 1 aliphatic rings. The summed E-state index contributed by atoms with van der Waals surface area (Å²) in [7, 11) is 0. The van der Waals surface area contributed by atoms with Crippen molar-refractivity contribution in [3.8, 4) is 39.1 Å². The molecule has 0 amide bonds. The van der Waals surface area contributed by atoms with Gasteiger partial charge in [0.1, 0.15) is 5.82 Å². The third kappa shape index (κ3) is 3.80. The van der Waals surface area contributed by atoms with E-state index in [0.717, 1.165) is 17.8 Å². The zero-order valence-electron chi connectivity index (χ0n) is 26.4. The number of aromatic nitrogens is 2. The number of hydrogen-bond acceptors (Lipinski definition) is 1. The van der Waals surface area contributed by atoms with Crippen LogP contribution in [0.1, 0.15) is 37.7 Å². The molecule has 0 unspecified atom stereocenters. The van der Waals surface area contributed by atoms with Crippen LogP contribution in [0.5, 0.6) is 0 Å². The van der Waals surface area contributed by atoms with Gasteiger partial charge in [-0.1, -0.05) is 136 Å². The summed E-state index contributed by atoms with van der Waals surface area (Å²) in [6.07, 6.45) is 0.889. The zero-order valence-corrected chi connectivity index (χ0v) is 26.4. The second kappa shape index (κ2) is 10.0. The van der Waals surface area contributed by atoms with Crippen LogP contribution in [-0.2, 0) is 11.8 Å². The predicted molar refractivity (Wildman–Crippen MR) is 194 cm³/mol. The molecule has 2 nitrogen and oxygen atoms in total. The molecule has 1 aromatic heterocycles. The summed E-state index contributed by atoms with van der Waals surface area (Å²) in [6, 6.07) is 51.3. The van der Waals surface area contributed by atoms with E-state index in [1.165, 1.54) is 77.3 Å². The molecular formula is C44H34N2. The van der Waals surface area contributed by atoms with Crippen molar-refractivity contribution in [2.24, 2.45) is 0 Å². The number of benzene rings is 7. The van der Waals surface area contributed by atoms with Crippen molar-refractivity contribution in [3.05, 3.63) is 156 Å². The minimum Gasteiger partial charge on any atom is -0.296 e. The van der Waals surface area contributed by atoms with Crippen LogP contribution in [0.2, 0.25) is 0 Å². The summed E-state index contributed by atoms with van der Waals surface area (Å²) in [5.74, 6) is 1.12. The maximum Gasteiger partial charge on any atom is 0.114 e. The van der Waals surface area contributed by atoms with Crippen molar-refractivity contribution in [1.29, 1.82) is 0 Å². The molecule has 0 saturated heterocycles. The largest absolute Gasteiger partial charge is 0.296 e. The molecule has 0 N–H and O–H groups in total. The molecule has 220 valence electrons. The standard InChI is InChI=1S/C44H34N2/c1-4-40-45-38-21-13-20-36-43(38)46(40)39-25-23-31(27-37(39)44(36,2)3)30-22-24-34-35(26-30)42(29-16-9-6-10-17-29)33-19-12-11-18-32(33)41(34)28-14-7-5-8-15-28/h5-27H,4H2,1-3H3. The van der Waals surface area contributed by atoms with Crippen molar-refractivity contribution < 1.29 is 0 Å². The lowest BCUT2D eigenvalue weighted by atomic mass is 9.74.